The molecule has 2 bridgehead atoms. The number of nitrogens with zero attached hydrogens (tertiary/aromatic N) is 3. The zero-order valence-electron chi connectivity index (χ0n) is 26.8. The molecule has 5 aliphatic rings. The number of halogens is 1. The van der Waals surface area contributed by atoms with E-state index in [9.17, 15) is 22.4 Å². The van der Waals surface area contributed by atoms with E-state index < -0.39 is 21.3 Å². The lowest BCUT2D eigenvalue weighted by Gasteiger charge is -2.40. The molecule has 12 heteroatoms. The number of ether oxygens (including phenoxy) is 1. The second-order valence-corrected chi connectivity index (χ2v) is 16.5. The van der Waals surface area contributed by atoms with Crippen LogP contribution in [0.3, 0.4) is 0 Å². The SMILES string of the molecule is CC1(C)C2CC[C@@]1(CS(=O)(=O)O)C(=O)C2.Cc1ccc2c(c1)CC(N1CCN(CCN3CCOC3=O)CC1)c1cc(F)ccc1S2. The van der Waals surface area contributed by atoms with Crippen molar-refractivity contribution in [3.8, 4) is 0 Å². The molecule has 9 nitrogen and oxygen atoms in total. The molecule has 4 fully saturated rings. The molecule has 1 N–H and O–H groups in total. The zero-order valence-corrected chi connectivity index (χ0v) is 28.5. The predicted molar refractivity (Wildman–Crippen MR) is 174 cm³/mol. The fraction of sp³-hybridized carbons (Fsp3) is 0.588. The standard InChI is InChI=1S/C24H28FN3O2S.C10H16O4S/c1-17-2-4-22-18(14-17)15-21(20-16-19(25)3-5-23(20)31-22)27-9-6-26(7-10-27)8-11-28-12-13-30-24(28)29;1-9(2)7-3-4-10(9,8(11)5-7)6-15(12,13)14/h2-5,14,16,21H,6-13,15H2,1H3;7H,3-6H2,1-2H3,(H,12,13,14)/t;7?,10-/m.1/s1. The largest absolute Gasteiger partial charge is 0.448 e. The molecule has 46 heavy (non-hydrogen) atoms. The van der Waals surface area contributed by atoms with Crippen LogP contribution in [-0.2, 0) is 26.1 Å². The van der Waals surface area contributed by atoms with Crippen molar-refractivity contribution in [1.82, 2.24) is 14.7 Å². The van der Waals surface area contributed by atoms with Crippen LogP contribution in [0, 0.1) is 29.5 Å². The van der Waals surface area contributed by atoms with E-state index in [4.69, 9.17) is 9.29 Å². The van der Waals surface area contributed by atoms with Gasteiger partial charge in [0, 0.05) is 61.5 Å². The number of cyclic esters (lactones) is 1. The van der Waals surface area contributed by atoms with E-state index in [0.717, 1.165) is 62.6 Å². The number of ketones is 1. The van der Waals surface area contributed by atoms with Gasteiger partial charge >= 0.3 is 6.09 Å². The highest BCUT2D eigenvalue weighted by molar-refractivity contribution is 7.99. The summed E-state index contributed by atoms with van der Waals surface area (Å²) in [5.41, 5.74) is 2.60. The molecule has 2 unspecified atom stereocenters. The van der Waals surface area contributed by atoms with E-state index in [-0.39, 0.29) is 35.1 Å². The summed E-state index contributed by atoms with van der Waals surface area (Å²) in [6.45, 7) is 12.6. The normalized spacial score (nSPS) is 27.5. The highest BCUT2D eigenvalue weighted by Crippen LogP contribution is 2.64. The predicted octanol–water partition coefficient (Wildman–Crippen LogP) is 5.22. The Hall–Kier alpha value is -2.51. The molecular weight excluding hydrogens is 630 g/mol. The van der Waals surface area contributed by atoms with Crippen LogP contribution in [0.25, 0.3) is 0 Å². The van der Waals surface area contributed by atoms with Crippen molar-refractivity contribution in [1.29, 1.82) is 0 Å². The van der Waals surface area contributed by atoms with Crippen molar-refractivity contribution in [2.75, 3.05) is 58.2 Å². The molecule has 2 aromatic rings. The number of piperazine rings is 1. The summed E-state index contributed by atoms with van der Waals surface area (Å²) in [6.07, 6.45) is 2.68. The maximum Gasteiger partial charge on any atom is 0.409 e. The Morgan fingerprint density at radius 1 is 1.00 bits per heavy atom. The van der Waals surface area contributed by atoms with Crippen LogP contribution in [0.1, 0.15) is 55.8 Å². The Balaban J connectivity index is 0.000000208. The van der Waals surface area contributed by atoms with Gasteiger partial charge in [0.2, 0.25) is 0 Å². The average molecular weight is 674 g/mol. The Labute approximate surface area is 275 Å². The molecule has 3 heterocycles. The molecule has 2 saturated heterocycles. The van der Waals surface area contributed by atoms with E-state index >= 15 is 0 Å². The summed E-state index contributed by atoms with van der Waals surface area (Å²) >= 11 is 1.76. The van der Waals surface area contributed by atoms with Crippen molar-refractivity contribution in [3.63, 3.8) is 0 Å². The number of carbonyl (C=O) groups is 2. The number of fused-ring (bicyclic) bond motifs is 4. The van der Waals surface area contributed by atoms with Crippen LogP contribution in [0.5, 0.6) is 0 Å². The van der Waals surface area contributed by atoms with Crippen molar-refractivity contribution < 1.29 is 31.7 Å². The molecule has 1 amide bonds. The third kappa shape index (κ3) is 6.60. The van der Waals surface area contributed by atoms with Crippen molar-refractivity contribution in [2.45, 2.75) is 62.3 Å². The van der Waals surface area contributed by atoms with Gasteiger partial charge in [-0.25, -0.2) is 9.18 Å². The fourth-order valence-corrected chi connectivity index (χ4v) is 10.6. The molecule has 7 rings (SSSR count). The maximum atomic E-state index is 14.2. The van der Waals surface area contributed by atoms with Crippen LogP contribution in [0.4, 0.5) is 9.18 Å². The minimum absolute atomic E-state index is 0.0152. The molecule has 250 valence electrons. The molecule has 2 saturated carbocycles. The number of carbonyl (C=O) groups excluding carboxylic acids is 2. The van der Waals surface area contributed by atoms with Crippen LogP contribution in [0.2, 0.25) is 0 Å². The highest BCUT2D eigenvalue weighted by Gasteiger charge is 2.65. The molecule has 3 atom stereocenters. The first kappa shape index (κ1) is 33.4. The van der Waals surface area contributed by atoms with Crippen molar-refractivity contribution in [2.24, 2.45) is 16.7 Å². The van der Waals surface area contributed by atoms with E-state index in [0.29, 0.717) is 26.0 Å². The number of amides is 1. The van der Waals surface area contributed by atoms with Gasteiger partial charge in [-0.2, -0.15) is 8.42 Å². The highest BCUT2D eigenvalue weighted by atomic mass is 32.2. The number of benzene rings is 2. The van der Waals surface area contributed by atoms with Gasteiger partial charge in [-0.1, -0.05) is 43.3 Å². The number of hydrogen-bond donors (Lipinski definition) is 1. The Kier molecular flexibility index (Phi) is 9.32. The van der Waals surface area contributed by atoms with E-state index in [1.807, 2.05) is 19.9 Å². The Bertz CT molecular complexity index is 1610. The van der Waals surface area contributed by atoms with Gasteiger partial charge in [0.25, 0.3) is 10.1 Å². The number of Topliss-reactive ketones (excluding diaryl/α,β-unsaturated/α-hetero) is 1. The fourth-order valence-electron chi connectivity index (χ4n) is 8.21. The number of aryl methyl sites for hydroxylation is 1. The number of hydrogen-bond acceptors (Lipinski definition) is 8. The number of rotatable bonds is 6. The topological polar surface area (TPSA) is 107 Å². The zero-order chi connectivity index (χ0) is 32.9. The molecule has 0 radical (unpaired) electrons. The summed E-state index contributed by atoms with van der Waals surface area (Å²) in [7, 11) is -4.08. The summed E-state index contributed by atoms with van der Waals surface area (Å²) in [6, 6.07) is 12.1. The maximum absolute atomic E-state index is 14.2. The molecule has 2 aromatic carbocycles. The van der Waals surface area contributed by atoms with E-state index in [1.165, 1.54) is 16.0 Å². The van der Waals surface area contributed by atoms with Crippen LogP contribution in [0.15, 0.2) is 46.2 Å². The lowest BCUT2D eigenvalue weighted by atomic mass is 9.70. The summed E-state index contributed by atoms with van der Waals surface area (Å²) in [4.78, 5) is 32.7. The second kappa shape index (κ2) is 12.8. The quantitative estimate of drug-likeness (QED) is 0.413. The summed E-state index contributed by atoms with van der Waals surface area (Å²) < 4.78 is 50.2. The first-order chi connectivity index (χ1) is 21.8. The van der Waals surface area contributed by atoms with Gasteiger partial charge in [-0.15, -0.1) is 0 Å². The van der Waals surface area contributed by atoms with Crippen LogP contribution < -0.4 is 0 Å². The molecular formula is C34H44FN3O6S2. The molecule has 0 aromatic heterocycles. The molecule has 3 aliphatic heterocycles. The Morgan fingerprint density at radius 2 is 1.74 bits per heavy atom. The van der Waals surface area contributed by atoms with Gasteiger partial charge in [0.1, 0.15) is 18.2 Å². The van der Waals surface area contributed by atoms with Gasteiger partial charge < -0.3 is 9.64 Å². The first-order valence-corrected chi connectivity index (χ1v) is 18.6. The third-order valence-corrected chi connectivity index (χ3v) is 13.2. The van der Waals surface area contributed by atoms with Gasteiger partial charge in [0.05, 0.1) is 17.7 Å². The molecule has 0 spiro atoms. The van der Waals surface area contributed by atoms with Crippen LogP contribution in [-0.4, -0.2) is 97.7 Å². The van der Waals surface area contributed by atoms with Gasteiger partial charge in [0.15, 0.2) is 0 Å². The lowest BCUT2D eigenvalue weighted by Crippen LogP contribution is -2.49. The van der Waals surface area contributed by atoms with Crippen molar-refractivity contribution in [3.05, 3.63) is 58.9 Å². The van der Waals surface area contributed by atoms with E-state index in [1.54, 1.807) is 28.8 Å². The lowest BCUT2D eigenvalue weighted by molar-refractivity contribution is -0.128. The minimum atomic E-state index is -4.08. The van der Waals surface area contributed by atoms with Gasteiger partial charge in [-0.3, -0.25) is 19.1 Å². The summed E-state index contributed by atoms with van der Waals surface area (Å²) in [5.74, 6) is -0.266. The van der Waals surface area contributed by atoms with Crippen molar-refractivity contribution >= 4 is 33.8 Å². The average Bonchev–Trinajstić information content (AvgIpc) is 3.52. The molecule has 2 aliphatic carbocycles. The monoisotopic (exact) mass is 673 g/mol. The third-order valence-electron chi connectivity index (χ3n) is 11.1. The van der Waals surface area contributed by atoms with Gasteiger partial charge in [-0.05, 0) is 72.9 Å². The smallest absolute Gasteiger partial charge is 0.409 e. The minimum Gasteiger partial charge on any atom is -0.448 e. The Morgan fingerprint density at radius 3 is 2.37 bits per heavy atom. The first-order valence-electron chi connectivity index (χ1n) is 16.2. The second-order valence-electron chi connectivity index (χ2n) is 14.0. The van der Waals surface area contributed by atoms with E-state index in [2.05, 4.69) is 34.9 Å². The van der Waals surface area contributed by atoms with Crippen LogP contribution >= 0.6 is 11.8 Å². The summed E-state index contributed by atoms with van der Waals surface area (Å²) in [5, 5.41) is 0.